The van der Waals surface area contributed by atoms with Crippen molar-refractivity contribution in [3.8, 4) is 0 Å². The molecule has 0 saturated carbocycles. The van der Waals surface area contributed by atoms with E-state index in [1.54, 1.807) is 6.07 Å². The third-order valence-electron chi connectivity index (χ3n) is 2.98. The molecule has 1 aromatic heterocycles. The summed E-state index contributed by atoms with van der Waals surface area (Å²) in [5.41, 5.74) is 2.92. The van der Waals surface area contributed by atoms with Crippen LogP contribution in [0.4, 0.5) is 4.39 Å². The van der Waals surface area contributed by atoms with Crippen molar-refractivity contribution in [2.24, 2.45) is 7.05 Å². The van der Waals surface area contributed by atoms with Crippen LogP contribution in [0.15, 0.2) is 28.9 Å². The second kappa shape index (κ2) is 5.63. The van der Waals surface area contributed by atoms with E-state index in [-0.39, 0.29) is 5.82 Å². The summed E-state index contributed by atoms with van der Waals surface area (Å²) in [7, 11) is 1.91. The average molecular weight is 312 g/mol. The standard InChI is InChI=1S/C13H15BrFN3/c1-9-11(8-17-18(9)2)7-16-6-10-3-4-12(14)5-13(10)15/h3-5,8,16H,6-7H2,1-2H3. The number of hydrogen-bond donors (Lipinski definition) is 1. The highest BCUT2D eigenvalue weighted by molar-refractivity contribution is 9.10. The summed E-state index contributed by atoms with van der Waals surface area (Å²) in [5.74, 6) is -0.195. The van der Waals surface area contributed by atoms with Crippen molar-refractivity contribution in [2.45, 2.75) is 20.0 Å². The van der Waals surface area contributed by atoms with Crippen LogP contribution in [0.5, 0.6) is 0 Å². The van der Waals surface area contributed by atoms with Crippen LogP contribution in [-0.2, 0) is 20.1 Å². The Kier molecular flexibility index (Phi) is 4.14. The van der Waals surface area contributed by atoms with Gasteiger partial charge >= 0.3 is 0 Å². The smallest absolute Gasteiger partial charge is 0.128 e. The summed E-state index contributed by atoms with van der Waals surface area (Å²) in [6.45, 7) is 3.22. The summed E-state index contributed by atoms with van der Waals surface area (Å²) in [5, 5.41) is 7.39. The molecule has 3 nitrogen and oxygen atoms in total. The molecule has 2 rings (SSSR count). The fourth-order valence-electron chi connectivity index (χ4n) is 1.71. The van der Waals surface area contributed by atoms with Crippen LogP contribution in [0.1, 0.15) is 16.8 Å². The Hall–Kier alpha value is -1.20. The van der Waals surface area contributed by atoms with Gasteiger partial charge in [-0.1, -0.05) is 22.0 Å². The van der Waals surface area contributed by atoms with Crippen molar-refractivity contribution < 1.29 is 4.39 Å². The number of halogens is 2. The number of benzene rings is 1. The fourth-order valence-corrected chi connectivity index (χ4v) is 2.05. The SMILES string of the molecule is Cc1c(CNCc2ccc(Br)cc2F)cnn1C. The zero-order chi connectivity index (χ0) is 13.1. The molecule has 0 bridgehead atoms. The van der Waals surface area contributed by atoms with E-state index < -0.39 is 0 Å². The number of rotatable bonds is 4. The minimum atomic E-state index is -0.195. The number of aryl methyl sites for hydroxylation is 1. The zero-order valence-corrected chi connectivity index (χ0v) is 12.0. The van der Waals surface area contributed by atoms with E-state index in [9.17, 15) is 4.39 Å². The van der Waals surface area contributed by atoms with Crippen LogP contribution in [-0.4, -0.2) is 9.78 Å². The fraction of sp³-hybridized carbons (Fsp3) is 0.308. The van der Waals surface area contributed by atoms with Gasteiger partial charge in [-0.25, -0.2) is 4.39 Å². The predicted octanol–water partition coefficient (Wildman–Crippen LogP) is 2.92. The Morgan fingerprint density at radius 3 is 2.67 bits per heavy atom. The molecule has 18 heavy (non-hydrogen) atoms. The van der Waals surface area contributed by atoms with Crippen LogP contribution >= 0.6 is 15.9 Å². The molecule has 0 amide bonds. The van der Waals surface area contributed by atoms with Crippen LogP contribution < -0.4 is 5.32 Å². The summed E-state index contributed by atoms with van der Waals surface area (Å²) in [4.78, 5) is 0. The third-order valence-corrected chi connectivity index (χ3v) is 3.48. The Labute approximate surface area is 114 Å². The molecule has 2 aromatic rings. The Bertz CT molecular complexity index is 551. The lowest BCUT2D eigenvalue weighted by molar-refractivity contribution is 0.586. The predicted molar refractivity (Wildman–Crippen MR) is 72.6 cm³/mol. The van der Waals surface area contributed by atoms with Gasteiger partial charge in [-0.2, -0.15) is 5.10 Å². The highest BCUT2D eigenvalue weighted by atomic mass is 79.9. The minimum absolute atomic E-state index is 0.195. The maximum atomic E-state index is 13.6. The molecule has 5 heteroatoms. The van der Waals surface area contributed by atoms with E-state index in [2.05, 4.69) is 26.3 Å². The summed E-state index contributed by atoms with van der Waals surface area (Å²) in [6, 6.07) is 5.10. The molecule has 0 aliphatic rings. The molecule has 96 valence electrons. The van der Waals surface area contributed by atoms with Gasteiger partial charge in [0.1, 0.15) is 5.82 Å². The molecule has 1 heterocycles. The Morgan fingerprint density at radius 2 is 2.06 bits per heavy atom. The van der Waals surface area contributed by atoms with Crippen molar-refractivity contribution in [1.29, 1.82) is 0 Å². The van der Waals surface area contributed by atoms with E-state index in [4.69, 9.17) is 0 Å². The molecule has 0 radical (unpaired) electrons. The molecule has 0 spiro atoms. The van der Waals surface area contributed by atoms with E-state index >= 15 is 0 Å². The van der Waals surface area contributed by atoms with Crippen molar-refractivity contribution >= 4 is 15.9 Å². The molecule has 0 aliphatic heterocycles. The minimum Gasteiger partial charge on any atom is -0.308 e. The van der Waals surface area contributed by atoms with Crippen molar-refractivity contribution in [2.75, 3.05) is 0 Å². The highest BCUT2D eigenvalue weighted by Gasteiger charge is 2.05. The van der Waals surface area contributed by atoms with Gasteiger partial charge in [-0.3, -0.25) is 4.68 Å². The van der Waals surface area contributed by atoms with Crippen LogP contribution in [0.3, 0.4) is 0 Å². The molecular weight excluding hydrogens is 297 g/mol. The van der Waals surface area contributed by atoms with Gasteiger partial charge in [0.05, 0.1) is 6.20 Å². The molecule has 1 aromatic carbocycles. The third kappa shape index (κ3) is 2.97. The van der Waals surface area contributed by atoms with Gasteiger partial charge in [0.15, 0.2) is 0 Å². The number of nitrogens with one attached hydrogen (secondary N) is 1. The van der Waals surface area contributed by atoms with Gasteiger partial charge in [-0.15, -0.1) is 0 Å². The quantitative estimate of drug-likeness (QED) is 0.941. The first-order valence-corrected chi connectivity index (χ1v) is 6.49. The van der Waals surface area contributed by atoms with Gasteiger partial charge in [-0.05, 0) is 19.1 Å². The maximum Gasteiger partial charge on any atom is 0.128 e. The summed E-state index contributed by atoms with van der Waals surface area (Å²) in [6.07, 6.45) is 1.83. The van der Waals surface area contributed by atoms with E-state index in [1.807, 2.05) is 30.9 Å². The van der Waals surface area contributed by atoms with Crippen molar-refractivity contribution in [3.63, 3.8) is 0 Å². The van der Waals surface area contributed by atoms with Crippen LogP contribution in [0.25, 0.3) is 0 Å². The summed E-state index contributed by atoms with van der Waals surface area (Å²) < 4.78 is 16.2. The number of aromatic nitrogens is 2. The lowest BCUT2D eigenvalue weighted by atomic mass is 10.2. The number of hydrogen-bond acceptors (Lipinski definition) is 2. The van der Waals surface area contributed by atoms with E-state index in [0.717, 1.165) is 15.7 Å². The first-order valence-electron chi connectivity index (χ1n) is 5.70. The summed E-state index contributed by atoms with van der Waals surface area (Å²) >= 11 is 3.24. The van der Waals surface area contributed by atoms with E-state index in [0.29, 0.717) is 18.7 Å². The molecule has 0 unspecified atom stereocenters. The van der Waals surface area contributed by atoms with Crippen LogP contribution in [0.2, 0.25) is 0 Å². The second-order valence-electron chi connectivity index (χ2n) is 4.22. The monoisotopic (exact) mass is 311 g/mol. The van der Waals surface area contributed by atoms with Gasteiger partial charge in [0.2, 0.25) is 0 Å². The largest absolute Gasteiger partial charge is 0.308 e. The lowest BCUT2D eigenvalue weighted by Gasteiger charge is -2.06. The normalized spacial score (nSPS) is 10.9. The van der Waals surface area contributed by atoms with Crippen molar-refractivity contribution in [1.82, 2.24) is 15.1 Å². The first-order chi connectivity index (χ1) is 8.58. The maximum absolute atomic E-state index is 13.6. The first kappa shape index (κ1) is 13.2. The zero-order valence-electron chi connectivity index (χ0n) is 10.4. The highest BCUT2D eigenvalue weighted by Crippen LogP contribution is 2.15. The van der Waals surface area contributed by atoms with Gasteiger partial charge < -0.3 is 5.32 Å². The molecule has 1 N–H and O–H groups in total. The average Bonchev–Trinajstić information content (AvgIpc) is 2.64. The van der Waals surface area contributed by atoms with Gasteiger partial charge in [0, 0.05) is 41.4 Å². The topological polar surface area (TPSA) is 29.9 Å². The second-order valence-corrected chi connectivity index (χ2v) is 5.13. The molecule has 0 fully saturated rings. The molecule has 0 atom stereocenters. The molecular formula is C13H15BrFN3. The van der Waals surface area contributed by atoms with Crippen LogP contribution in [0, 0.1) is 12.7 Å². The number of nitrogens with zero attached hydrogens (tertiary/aromatic N) is 2. The molecule has 0 aliphatic carbocycles. The van der Waals surface area contributed by atoms with E-state index in [1.165, 1.54) is 6.07 Å². The molecule has 0 saturated heterocycles. The lowest BCUT2D eigenvalue weighted by Crippen LogP contribution is -2.14. The Balaban J connectivity index is 1.94. The Morgan fingerprint density at radius 1 is 1.33 bits per heavy atom. The van der Waals surface area contributed by atoms with Gasteiger partial charge in [0.25, 0.3) is 0 Å². The van der Waals surface area contributed by atoms with Crippen molar-refractivity contribution in [3.05, 3.63) is 51.5 Å².